The highest BCUT2D eigenvalue weighted by atomic mass is 19.2. The van der Waals surface area contributed by atoms with E-state index in [2.05, 4.69) is 0 Å². The minimum Gasteiger partial charge on any atom is -0.338 e. The van der Waals surface area contributed by atoms with Gasteiger partial charge < -0.3 is 9.80 Å². The highest BCUT2D eigenvalue weighted by Gasteiger charge is 2.37. The third-order valence-corrected chi connectivity index (χ3v) is 4.60. The molecule has 0 aromatic heterocycles. The van der Waals surface area contributed by atoms with Crippen LogP contribution in [0.3, 0.4) is 0 Å². The average Bonchev–Trinajstić information content (AvgIpc) is 3.04. The summed E-state index contributed by atoms with van der Waals surface area (Å²) in [6.07, 6.45) is 0.0725. The topological polar surface area (TPSA) is 40.6 Å². The van der Waals surface area contributed by atoms with Crippen LogP contribution in [0, 0.1) is 17.6 Å². The van der Waals surface area contributed by atoms with Gasteiger partial charge in [-0.15, -0.1) is 0 Å². The van der Waals surface area contributed by atoms with E-state index in [0.717, 1.165) is 17.7 Å². The van der Waals surface area contributed by atoms with Gasteiger partial charge in [-0.05, 0) is 24.6 Å². The summed E-state index contributed by atoms with van der Waals surface area (Å²) >= 11 is 0. The quantitative estimate of drug-likeness (QED) is 0.822. The molecule has 1 aliphatic heterocycles. The fourth-order valence-corrected chi connectivity index (χ4v) is 3.18. The summed E-state index contributed by atoms with van der Waals surface area (Å²) < 4.78 is 26.6. The Labute approximate surface area is 151 Å². The molecule has 0 saturated carbocycles. The molecule has 1 unspecified atom stereocenters. The van der Waals surface area contributed by atoms with Crippen molar-refractivity contribution >= 4 is 17.5 Å². The van der Waals surface area contributed by atoms with E-state index < -0.39 is 17.6 Å². The zero-order valence-corrected chi connectivity index (χ0v) is 14.5. The van der Waals surface area contributed by atoms with E-state index in [1.165, 1.54) is 11.0 Å². The Kier molecular flexibility index (Phi) is 5.30. The number of hydrogen-bond acceptors (Lipinski definition) is 2. The molecule has 2 aromatic rings. The predicted molar refractivity (Wildman–Crippen MR) is 94.4 cm³/mol. The molecule has 3 rings (SSSR count). The zero-order valence-electron chi connectivity index (χ0n) is 14.5. The van der Waals surface area contributed by atoms with E-state index in [4.69, 9.17) is 0 Å². The third kappa shape index (κ3) is 3.74. The van der Waals surface area contributed by atoms with Crippen LogP contribution in [0.15, 0.2) is 48.5 Å². The molecule has 1 saturated heterocycles. The van der Waals surface area contributed by atoms with Crippen LogP contribution >= 0.6 is 0 Å². The predicted octanol–water partition coefficient (Wildman–Crippen LogP) is 3.37. The normalized spacial score (nSPS) is 16.8. The second-order valence-electron chi connectivity index (χ2n) is 6.34. The van der Waals surface area contributed by atoms with Crippen molar-refractivity contribution in [3.8, 4) is 0 Å². The molecule has 2 aromatic carbocycles. The lowest BCUT2D eigenvalue weighted by atomic mass is 10.1. The Morgan fingerprint density at radius 3 is 2.54 bits per heavy atom. The minimum atomic E-state index is -1.01. The molecule has 0 N–H and O–H groups in total. The Hall–Kier alpha value is -2.76. The summed E-state index contributed by atoms with van der Waals surface area (Å²) in [5.74, 6) is -2.82. The number of rotatable bonds is 5. The molecular weight excluding hydrogens is 338 g/mol. The van der Waals surface area contributed by atoms with Gasteiger partial charge in [0, 0.05) is 37.8 Å². The van der Waals surface area contributed by atoms with Crippen molar-refractivity contribution in [2.24, 2.45) is 5.92 Å². The Bertz CT molecular complexity index is 811. The zero-order chi connectivity index (χ0) is 18.7. The molecule has 2 amide bonds. The number of amides is 2. The van der Waals surface area contributed by atoms with E-state index in [9.17, 15) is 18.4 Å². The van der Waals surface area contributed by atoms with Gasteiger partial charge in [0.05, 0.1) is 5.92 Å². The number of carbonyl (C=O) groups is 2. The van der Waals surface area contributed by atoms with Crippen molar-refractivity contribution in [3.05, 3.63) is 65.7 Å². The fourth-order valence-electron chi connectivity index (χ4n) is 3.18. The Morgan fingerprint density at radius 2 is 1.88 bits per heavy atom. The molecule has 0 spiro atoms. The van der Waals surface area contributed by atoms with Crippen LogP contribution in [0.4, 0.5) is 14.5 Å². The van der Waals surface area contributed by atoms with Crippen LogP contribution in [0.25, 0.3) is 0 Å². The minimum absolute atomic E-state index is 0.0725. The van der Waals surface area contributed by atoms with E-state index in [1.807, 2.05) is 37.3 Å². The van der Waals surface area contributed by atoms with Crippen LogP contribution in [0.1, 0.15) is 18.9 Å². The summed E-state index contributed by atoms with van der Waals surface area (Å²) in [5, 5.41) is 0. The molecule has 1 fully saturated rings. The highest BCUT2D eigenvalue weighted by Crippen LogP contribution is 2.27. The molecule has 6 heteroatoms. The number of nitrogens with zero attached hydrogens (tertiary/aromatic N) is 2. The first kappa shape index (κ1) is 18.0. The summed E-state index contributed by atoms with van der Waals surface area (Å²) in [5.41, 5.74) is 1.29. The Balaban J connectivity index is 1.72. The molecule has 1 atom stereocenters. The van der Waals surface area contributed by atoms with E-state index in [1.54, 1.807) is 4.90 Å². The number of hydrogen-bond donors (Lipinski definition) is 0. The molecule has 1 heterocycles. The third-order valence-electron chi connectivity index (χ3n) is 4.60. The maximum absolute atomic E-state index is 13.5. The molecule has 0 radical (unpaired) electrons. The van der Waals surface area contributed by atoms with Crippen LogP contribution in [-0.4, -0.2) is 29.8 Å². The largest absolute Gasteiger partial charge is 0.338 e. The first-order valence-electron chi connectivity index (χ1n) is 8.57. The lowest BCUT2D eigenvalue weighted by Crippen LogP contribution is -2.37. The molecule has 4 nitrogen and oxygen atoms in total. The molecular formula is C20H20F2N2O2. The van der Waals surface area contributed by atoms with Crippen LogP contribution in [-0.2, 0) is 16.1 Å². The van der Waals surface area contributed by atoms with Crippen molar-refractivity contribution in [3.63, 3.8) is 0 Å². The molecule has 0 aliphatic carbocycles. The first-order chi connectivity index (χ1) is 12.5. The Morgan fingerprint density at radius 1 is 1.15 bits per heavy atom. The monoisotopic (exact) mass is 358 g/mol. The second kappa shape index (κ2) is 7.64. The first-order valence-corrected chi connectivity index (χ1v) is 8.57. The van der Waals surface area contributed by atoms with Gasteiger partial charge in [0.25, 0.3) is 0 Å². The average molecular weight is 358 g/mol. The van der Waals surface area contributed by atoms with Crippen LogP contribution < -0.4 is 4.90 Å². The lowest BCUT2D eigenvalue weighted by Gasteiger charge is -2.24. The summed E-state index contributed by atoms with van der Waals surface area (Å²) in [6, 6.07) is 13.0. The van der Waals surface area contributed by atoms with Gasteiger partial charge in [-0.2, -0.15) is 0 Å². The van der Waals surface area contributed by atoms with Gasteiger partial charge in [0.15, 0.2) is 11.6 Å². The van der Waals surface area contributed by atoms with Gasteiger partial charge in [-0.3, -0.25) is 9.59 Å². The van der Waals surface area contributed by atoms with Crippen molar-refractivity contribution in [2.45, 2.75) is 19.9 Å². The molecule has 136 valence electrons. The second-order valence-corrected chi connectivity index (χ2v) is 6.34. The number of halogens is 2. The van der Waals surface area contributed by atoms with E-state index in [0.29, 0.717) is 13.1 Å². The maximum Gasteiger partial charge on any atom is 0.228 e. The fraction of sp³-hybridized carbons (Fsp3) is 0.300. The van der Waals surface area contributed by atoms with E-state index in [-0.39, 0.29) is 30.5 Å². The van der Waals surface area contributed by atoms with Crippen molar-refractivity contribution in [2.75, 3.05) is 18.0 Å². The van der Waals surface area contributed by atoms with Gasteiger partial charge in [-0.25, -0.2) is 8.78 Å². The van der Waals surface area contributed by atoms with Gasteiger partial charge in [-0.1, -0.05) is 30.3 Å². The number of anilines is 1. The summed E-state index contributed by atoms with van der Waals surface area (Å²) in [7, 11) is 0. The van der Waals surface area contributed by atoms with Crippen LogP contribution in [0.2, 0.25) is 0 Å². The standard InChI is InChI=1S/C20H20F2N2O2/c1-2-23(12-14-6-4-3-5-7-14)20(26)15-10-19(25)24(13-15)16-8-9-17(21)18(22)11-16/h3-9,11,15H,2,10,12-13H2,1H3. The summed E-state index contributed by atoms with van der Waals surface area (Å²) in [4.78, 5) is 28.2. The number of benzene rings is 2. The van der Waals surface area contributed by atoms with Crippen molar-refractivity contribution in [1.82, 2.24) is 4.90 Å². The highest BCUT2D eigenvalue weighted by molar-refractivity contribution is 6.00. The molecule has 26 heavy (non-hydrogen) atoms. The van der Waals surface area contributed by atoms with Gasteiger partial charge in [0.2, 0.25) is 11.8 Å². The maximum atomic E-state index is 13.5. The smallest absolute Gasteiger partial charge is 0.228 e. The van der Waals surface area contributed by atoms with Crippen molar-refractivity contribution in [1.29, 1.82) is 0 Å². The molecule has 0 bridgehead atoms. The van der Waals surface area contributed by atoms with Gasteiger partial charge in [0.1, 0.15) is 0 Å². The molecule has 1 aliphatic rings. The van der Waals surface area contributed by atoms with Gasteiger partial charge >= 0.3 is 0 Å². The number of carbonyl (C=O) groups excluding carboxylic acids is 2. The van der Waals surface area contributed by atoms with Crippen molar-refractivity contribution < 1.29 is 18.4 Å². The lowest BCUT2D eigenvalue weighted by molar-refractivity contribution is -0.136. The summed E-state index contributed by atoms with van der Waals surface area (Å²) in [6.45, 7) is 3.08. The van der Waals surface area contributed by atoms with Crippen LogP contribution in [0.5, 0.6) is 0 Å². The SMILES string of the molecule is CCN(Cc1ccccc1)C(=O)C1CC(=O)N(c2ccc(F)c(F)c2)C1. The van der Waals surface area contributed by atoms with E-state index >= 15 is 0 Å².